The molecule has 0 amide bonds. The molecule has 0 aliphatic heterocycles. The number of hydrogen-bond donors (Lipinski definition) is 1. The van der Waals surface area contributed by atoms with Crippen LogP contribution in [0.25, 0.3) is 0 Å². The molecule has 2 rings (SSSR count). The Morgan fingerprint density at radius 2 is 1.77 bits per heavy atom. The summed E-state index contributed by atoms with van der Waals surface area (Å²) in [4.78, 5) is 0. The van der Waals surface area contributed by atoms with E-state index in [0.717, 1.165) is 43.1 Å². The topological polar surface area (TPSA) is 47.7 Å². The monoisotopic (exact) mass is 325 g/mol. The standard InChI is InChI=1S/C16H27N5.ClH/c1-6-7-20-10-15(13(4)18-20)8-17-16-11-21(9-12(2)3)19-14(16)5;/h10-12,17H,6-9H2,1-5H3;1H. The van der Waals surface area contributed by atoms with Gasteiger partial charge >= 0.3 is 0 Å². The predicted molar refractivity (Wildman–Crippen MR) is 93.6 cm³/mol. The SMILES string of the molecule is CCCn1cc(CNc2cn(CC(C)C)nc2C)c(C)n1.Cl. The third kappa shape index (κ3) is 4.77. The molecule has 5 nitrogen and oxygen atoms in total. The van der Waals surface area contributed by atoms with E-state index in [0.29, 0.717) is 5.92 Å². The van der Waals surface area contributed by atoms with Crippen molar-refractivity contribution >= 4 is 18.1 Å². The van der Waals surface area contributed by atoms with Crippen molar-refractivity contribution in [1.82, 2.24) is 19.6 Å². The third-order valence-corrected chi connectivity index (χ3v) is 3.47. The van der Waals surface area contributed by atoms with Gasteiger partial charge in [-0.15, -0.1) is 12.4 Å². The maximum absolute atomic E-state index is 4.55. The highest BCUT2D eigenvalue weighted by atomic mass is 35.5. The van der Waals surface area contributed by atoms with Crippen molar-refractivity contribution in [2.24, 2.45) is 5.92 Å². The fourth-order valence-corrected chi connectivity index (χ4v) is 2.43. The number of halogens is 1. The Morgan fingerprint density at radius 1 is 1.09 bits per heavy atom. The molecule has 0 saturated carbocycles. The first kappa shape index (κ1) is 18.6. The largest absolute Gasteiger partial charge is 0.378 e. The lowest BCUT2D eigenvalue weighted by Crippen LogP contribution is -2.04. The number of nitrogens with zero attached hydrogens (tertiary/aromatic N) is 4. The molecule has 0 radical (unpaired) electrons. The van der Waals surface area contributed by atoms with E-state index in [-0.39, 0.29) is 12.4 Å². The first-order valence-corrected chi connectivity index (χ1v) is 7.80. The Hall–Kier alpha value is -1.49. The van der Waals surface area contributed by atoms with Crippen LogP contribution in [0.2, 0.25) is 0 Å². The van der Waals surface area contributed by atoms with E-state index in [1.807, 2.05) is 16.3 Å². The molecule has 22 heavy (non-hydrogen) atoms. The molecule has 0 aromatic carbocycles. The van der Waals surface area contributed by atoms with Crippen molar-refractivity contribution in [3.05, 3.63) is 29.3 Å². The zero-order valence-electron chi connectivity index (χ0n) is 14.3. The summed E-state index contributed by atoms with van der Waals surface area (Å²) in [6, 6.07) is 0. The predicted octanol–water partition coefficient (Wildman–Crippen LogP) is 3.80. The minimum atomic E-state index is 0. The number of aromatic nitrogens is 4. The molecule has 1 N–H and O–H groups in total. The first-order chi connectivity index (χ1) is 9.99. The average Bonchev–Trinajstić information content (AvgIpc) is 2.90. The summed E-state index contributed by atoms with van der Waals surface area (Å²) in [5, 5.41) is 12.6. The van der Waals surface area contributed by atoms with Crippen LogP contribution in [0.1, 0.15) is 44.1 Å². The number of rotatable bonds is 7. The lowest BCUT2D eigenvalue weighted by atomic mass is 10.2. The summed E-state index contributed by atoms with van der Waals surface area (Å²) in [7, 11) is 0. The zero-order valence-corrected chi connectivity index (χ0v) is 15.1. The number of aryl methyl sites for hydroxylation is 3. The summed E-state index contributed by atoms with van der Waals surface area (Å²) in [6.45, 7) is 13.4. The molecule has 124 valence electrons. The van der Waals surface area contributed by atoms with Gasteiger partial charge in [-0.05, 0) is 26.2 Å². The Kier molecular flexibility index (Phi) is 6.94. The summed E-state index contributed by atoms with van der Waals surface area (Å²) >= 11 is 0. The summed E-state index contributed by atoms with van der Waals surface area (Å²) in [5.41, 5.74) is 4.51. The van der Waals surface area contributed by atoms with Gasteiger partial charge in [-0.25, -0.2) is 0 Å². The first-order valence-electron chi connectivity index (χ1n) is 7.80. The van der Waals surface area contributed by atoms with E-state index in [4.69, 9.17) is 0 Å². The second-order valence-corrected chi connectivity index (χ2v) is 6.10. The van der Waals surface area contributed by atoms with Crippen LogP contribution in [0.5, 0.6) is 0 Å². The molecule has 6 heteroatoms. The Labute approximate surface area is 139 Å². The van der Waals surface area contributed by atoms with Crippen LogP contribution >= 0.6 is 12.4 Å². The van der Waals surface area contributed by atoms with Crippen LogP contribution in [0.3, 0.4) is 0 Å². The van der Waals surface area contributed by atoms with Gasteiger partial charge in [0.05, 0.1) is 17.1 Å². The molecule has 0 saturated heterocycles. The molecule has 2 heterocycles. The van der Waals surface area contributed by atoms with E-state index < -0.39 is 0 Å². The smallest absolute Gasteiger partial charge is 0.0825 e. The Balaban J connectivity index is 0.00000242. The van der Waals surface area contributed by atoms with Crippen molar-refractivity contribution in [3.63, 3.8) is 0 Å². The molecule has 0 atom stereocenters. The maximum Gasteiger partial charge on any atom is 0.0825 e. The van der Waals surface area contributed by atoms with Crippen molar-refractivity contribution in [3.8, 4) is 0 Å². The minimum Gasteiger partial charge on any atom is -0.378 e. The van der Waals surface area contributed by atoms with Gasteiger partial charge in [0, 0.05) is 37.6 Å². The normalized spacial score (nSPS) is 10.8. The van der Waals surface area contributed by atoms with Crippen LogP contribution in [-0.2, 0) is 19.6 Å². The van der Waals surface area contributed by atoms with Gasteiger partial charge < -0.3 is 5.32 Å². The quantitative estimate of drug-likeness (QED) is 0.842. The molecule has 2 aromatic heterocycles. The second kappa shape index (κ2) is 8.22. The highest BCUT2D eigenvalue weighted by Crippen LogP contribution is 2.16. The van der Waals surface area contributed by atoms with Crippen LogP contribution < -0.4 is 5.32 Å². The second-order valence-electron chi connectivity index (χ2n) is 6.10. The van der Waals surface area contributed by atoms with E-state index in [2.05, 4.69) is 55.6 Å². The lowest BCUT2D eigenvalue weighted by molar-refractivity contribution is 0.481. The molecule has 0 bridgehead atoms. The number of nitrogens with one attached hydrogen (secondary N) is 1. The molecule has 0 fully saturated rings. The van der Waals surface area contributed by atoms with Crippen molar-refractivity contribution in [2.75, 3.05) is 5.32 Å². The van der Waals surface area contributed by atoms with Crippen molar-refractivity contribution < 1.29 is 0 Å². The molecular weight excluding hydrogens is 298 g/mol. The molecule has 0 spiro atoms. The van der Waals surface area contributed by atoms with E-state index in [1.165, 1.54) is 5.56 Å². The maximum atomic E-state index is 4.55. The van der Waals surface area contributed by atoms with Crippen LogP contribution in [0, 0.1) is 19.8 Å². The van der Waals surface area contributed by atoms with Crippen LogP contribution in [-0.4, -0.2) is 19.6 Å². The zero-order chi connectivity index (χ0) is 15.4. The number of hydrogen-bond acceptors (Lipinski definition) is 3. The van der Waals surface area contributed by atoms with Crippen LogP contribution in [0.15, 0.2) is 12.4 Å². The van der Waals surface area contributed by atoms with Gasteiger partial charge in [0.1, 0.15) is 0 Å². The third-order valence-electron chi connectivity index (χ3n) is 3.47. The summed E-state index contributed by atoms with van der Waals surface area (Å²) < 4.78 is 4.05. The van der Waals surface area contributed by atoms with Gasteiger partial charge in [-0.1, -0.05) is 20.8 Å². The van der Waals surface area contributed by atoms with Crippen molar-refractivity contribution in [2.45, 2.75) is 60.7 Å². The van der Waals surface area contributed by atoms with E-state index in [9.17, 15) is 0 Å². The van der Waals surface area contributed by atoms with Gasteiger partial charge in [0.25, 0.3) is 0 Å². The van der Waals surface area contributed by atoms with Gasteiger partial charge in [-0.3, -0.25) is 9.36 Å². The summed E-state index contributed by atoms with van der Waals surface area (Å²) in [5.74, 6) is 0.603. The van der Waals surface area contributed by atoms with Gasteiger partial charge in [-0.2, -0.15) is 10.2 Å². The highest BCUT2D eigenvalue weighted by molar-refractivity contribution is 5.85. The lowest BCUT2D eigenvalue weighted by Gasteiger charge is -2.04. The fourth-order valence-electron chi connectivity index (χ4n) is 2.43. The Morgan fingerprint density at radius 3 is 2.41 bits per heavy atom. The fraction of sp³-hybridized carbons (Fsp3) is 0.625. The van der Waals surface area contributed by atoms with Gasteiger partial charge in [0.15, 0.2) is 0 Å². The molecular formula is C16H28ClN5. The summed E-state index contributed by atoms with van der Waals surface area (Å²) in [6.07, 6.45) is 5.34. The highest BCUT2D eigenvalue weighted by Gasteiger charge is 2.08. The van der Waals surface area contributed by atoms with Crippen LogP contribution in [0.4, 0.5) is 5.69 Å². The van der Waals surface area contributed by atoms with Crippen molar-refractivity contribution in [1.29, 1.82) is 0 Å². The molecule has 0 aliphatic carbocycles. The number of anilines is 1. The van der Waals surface area contributed by atoms with E-state index >= 15 is 0 Å². The van der Waals surface area contributed by atoms with Gasteiger partial charge in [0.2, 0.25) is 0 Å². The average molecular weight is 326 g/mol. The minimum absolute atomic E-state index is 0. The van der Waals surface area contributed by atoms with E-state index in [1.54, 1.807) is 0 Å². The molecule has 2 aromatic rings. The molecule has 0 unspecified atom stereocenters. The Bertz CT molecular complexity index is 585. The molecule has 0 aliphatic rings.